The van der Waals surface area contributed by atoms with Crippen LogP contribution in [0.3, 0.4) is 0 Å². The molecule has 0 heterocycles. The maximum absolute atomic E-state index is 12.0. The third-order valence-corrected chi connectivity index (χ3v) is 4.68. The zero-order chi connectivity index (χ0) is 16.7. The number of rotatable bonds is 7. The Labute approximate surface area is 140 Å². The van der Waals surface area contributed by atoms with Crippen molar-refractivity contribution in [2.45, 2.75) is 45.6 Å². The summed E-state index contributed by atoms with van der Waals surface area (Å²) in [5, 5.41) is 2.94. The molecule has 1 aliphatic rings. The number of aryl methyl sites for hydroxylation is 1. The molecule has 0 saturated heterocycles. The van der Waals surface area contributed by atoms with Gasteiger partial charge in [0.25, 0.3) is 0 Å². The molecule has 0 atom stereocenters. The van der Waals surface area contributed by atoms with Gasteiger partial charge in [-0.1, -0.05) is 19.1 Å². The maximum atomic E-state index is 12.0. The van der Waals surface area contributed by atoms with Crippen LogP contribution in [0.4, 0.5) is 0 Å². The first-order valence-corrected chi connectivity index (χ1v) is 8.71. The van der Waals surface area contributed by atoms with E-state index in [1.165, 1.54) is 31.2 Å². The number of nitrogens with one attached hydrogen (secondary N) is 1. The van der Waals surface area contributed by atoms with Crippen LogP contribution in [0.2, 0.25) is 0 Å². The molecule has 4 nitrogen and oxygen atoms in total. The van der Waals surface area contributed by atoms with Gasteiger partial charge in [0.1, 0.15) is 12.4 Å². The molecule has 1 saturated carbocycles. The van der Waals surface area contributed by atoms with Gasteiger partial charge in [-0.2, -0.15) is 0 Å². The predicted molar refractivity (Wildman–Crippen MR) is 93.7 cm³/mol. The van der Waals surface area contributed by atoms with Crippen molar-refractivity contribution in [2.24, 2.45) is 5.92 Å². The lowest BCUT2D eigenvalue weighted by molar-refractivity contribution is -0.122. The third kappa shape index (κ3) is 6.22. The monoisotopic (exact) mass is 318 g/mol. The first kappa shape index (κ1) is 17.8. The summed E-state index contributed by atoms with van der Waals surface area (Å²) in [6.45, 7) is 5.87. The number of carbonyl (C=O) groups excluding carboxylic acids is 1. The Morgan fingerprint density at radius 2 is 2.04 bits per heavy atom. The van der Waals surface area contributed by atoms with Crippen molar-refractivity contribution in [3.63, 3.8) is 0 Å². The van der Waals surface area contributed by atoms with E-state index in [4.69, 9.17) is 4.74 Å². The second-order valence-corrected chi connectivity index (χ2v) is 6.84. The summed E-state index contributed by atoms with van der Waals surface area (Å²) in [4.78, 5) is 14.2. The van der Waals surface area contributed by atoms with Crippen LogP contribution in [0.15, 0.2) is 24.3 Å². The fourth-order valence-corrected chi connectivity index (χ4v) is 3.16. The lowest BCUT2D eigenvalue weighted by atomic mass is 9.87. The molecule has 0 unspecified atom stereocenters. The SMILES string of the molecule is Cc1cccc(OCCNC(=O)CN(C)C2CCC(C)CC2)c1. The number of hydrogen-bond acceptors (Lipinski definition) is 3. The van der Waals surface area contributed by atoms with Crippen LogP contribution in [-0.4, -0.2) is 43.6 Å². The Bertz CT molecular complexity index is 496. The van der Waals surface area contributed by atoms with Crippen molar-refractivity contribution in [2.75, 3.05) is 26.7 Å². The summed E-state index contributed by atoms with van der Waals surface area (Å²) in [6.07, 6.45) is 4.98. The second kappa shape index (κ2) is 8.92. The van der Waals surface area contributed by atoms with E-state index in [0.29, 0.717) is 25.7 Å². The van der Waals surface area contributed by atoms with Crippen LogP contribution in [0.25, 0.3) is 0 Å². The molecule has 0 bridgehead atoms. The summed E-state index contributed by atoms with van der Waals surface area (Å²) in [5.41, 5.74) is 1.18. The Hall–Kier alpha value is -1.55. The van der Waals surface area contributed by atoms with Crippen LogP contribution in [0, 0.1) is 12.8 Å². The van der Waals surface area contributed by atoms with Gasteiger partial charge in [-0.3, -0.25) is 9.69 Å². The van der Waals surface area contributed by atoms with Gasteiger partial charge >= 0.3 is 0 Å². The van der Waals surface area contributed by atoms with Gasteiger partial charge in [-0.05, 0) is 63.3 Å². The molecular weight excluding hydrogens is 288 g/mol. The Morgan fingerprint density at radius 1 is 1.30 bits per heavy atom. The molecule has 0 radical (unpaired) electrons. The van der Waals surface area contributed by atoms with Gasteiger partial charge in [0, 0.05) is 6.04 Å². The van der Waals surface area contributed by atoms with E-state index in [1.54, 1.807) is 0 Å². The molecule has 1 aromatic rings. The molecule has 0 aromatic heterocycles. The molecule has 0 aliphatic heterocycles. The molecule has 1 fully saturated rings. The Morgan fingerprint density at radius 3 is 2.74 bits per heavy atom. The highest BCUT2D eigenvalue weighted by atomic mass is 16.5. The van der Waals surface area contributed by atoms with Gasteiger partial charge in [-0.15, -0.1) is 0 Å². The fourth-order valence-electron chi connectivity index (χ4n) is 3.16. The van der Waals surface area contributed by atoms with E-state index in [9.17, 15) is 4.79 Å². The minimum atomic E-state index is 0.0824. The van der Waals surface area contributed by atoms with Crippen molar-refractivity contribution < 1.29 is 9.53 Å². The quantitative estimate of drug-likeness (QED) is 0.786. The Balaban J connectivity index is 1.61. The number of benzene rings is 1. The van der Waals surface area contributed by atoms with Crippen molar-refractivity contribution in [1.29, 1.82) is 0 Å². The summed E-state index contributed by atoms with van der Waals surface area (Å²) >= 11 is 0. The van der Waals surface area contributed by atoms with Crippen molar-refractivity contribution >= 4 is 5.91 Å². The molecule has 0 spiro atoms. The smallest absolute Gasteiger partial charge is 0.234 e. The molecule has 2 rings (SSSR count). The summed E-state index contributed by atoms with van der Waals surface area (Å²) in [6, 6.07) is 8.51. The van der Waals surface area contributed by atoms with Gasteiger partial charge < -0.3 is 10.1 Å². The molecule has 23 heavy (non-hydrogen) atoms. The average molecular weight is 318 g/mol. The number of likely N-dealkylation sites (N-methyl/N-ethyl adjacent to an activating group) is 1. The number of hydrogen-bond donors (Lipinski definition) is 1. The summed E-state index contributed by atoms with van der Waals surface area (Å²) < 4.78 is 5.64. The van der Waals surface area contributed by atoms with E-state index in [2.05, 4.69) is 24.2 Å². The van der Waals surface area contributed by atoms with Crippen molar-refractivity contribution in [3.8, 4) is 5.75 Å². The van der Waals surface area contributed by atoms with Gasteiger partial charge in [0.05, 0.1) is 13.1 Å². The molecule has 1 N–H and O–H groups in total. The highest BCUT2D eigenvalue weighted by molar-refractivity contribution is 5.78. The lowest BCUT2D eigenvalue weighted by Gasteiger charge is -2.33. The summed E-state index contributed by atoms with van der Waals surface area (Å²) in [5.74, 6) is 1.78. The second-order valence-electron chi connectivity index (χ2n) is 6.84. The van der Waals surface area contributed by atoms with Crippen LogP contribution < -0.4 is 10.1 Å². The molecule has 4 heteroatoms. The molecule has 1 aromatic carbocycles. The number of nitrogens with zero attached hydrogens (tertiary/aromatic N) is 1. The highest BCUT2D eigenvalue weighted by Crippen LogP contribution is 2.26. The van der Waals surface area contributed by atoms with Gasteiger partial charge in [-0.25, -0.2) is 0 Å². The van der Waals surface area contributed by atoms with Crippen LogP contribution in [-0.2, 0) is 4.79 Å². The topological polar surface area (TPSA) is 41.6 Å². The maximum Gasteiger partial charge on any atom is 0.234 e. The summed E-state index contributed by atoms with van der Waals surface area (Å²) in [7, 11) is 2.06. The predicted octanol–water partition coefficient (Wildman–Crippen LogP) is 3.00. The highest BCUT2D eigenvalue weighted by Gasteiger charge is 2.22. The Kier molecular flexibility index (Phi) is 6.90. The van der Waals surface area contributed by atoms with E-state index in [0.717, 1.165) is 11.7 Å². The van der Waals surface area contributed by atoms with E-state index < -0.39 is 0 Å². The van der Waals surface area contributed by atoms with Crippen LogP contribution >= 0.6 is 0 Å². The normalized spacial score (nSPS) is 21.2. The van der Waals surface area contributed by atoms with Gasteiger partial charge in [0.15, 0.2) is 0 Å². The minimum Gasteiger partial charge on any atom is -0.492 e. The number of ether oxygens (including phenoxy) is 1. The fraction of sp³-hybridized carbons (Fsp3) is 0.632. The average Bonchev–Trinajstić information content (AvgIpc) is 2.52. The van der Waals surface area contributed by atoms with Crippen molar-refractivity contribution in [3.05, 3.63) is 29.8 Å². The van der Waals surface area contributed by atoms with Gasteiger partial charge in [0.2, 0.25) is 5.91 Å². The lowest BCUT2D eigenvalue weighted by Crippen LogP contribution is -2.42. The van der Waals surface area contributed by atoms with E-state index >= 15 is 0 Å². The van der Waals surface area contributed by atoms with E-state index in [1.807, 2.05) is 31.2 Å². The zero-order valence-corrected chi connectivity index (χ0v) is 14.7. The first-order valence-electron chi connectivity index (χ1n) is 8.71. The third-order valence-electron chi connectivity index (χ3n) is 4.68. The minimum absolute atomic E-state index is 0.0824. The largest absolute Gasteiger partial charge is 0.492 e. The molecule has 1 amide bonds. The standard InChI is InChI=1S/C19H30N2O2/c1-15-7-9-17(10-8-15)21(3)14-19(22)20-11-12-23-18-6-4-5-16(2)13-18/h4-6,13,15,17H,7-12,14H2,1-3H3,(H,20,22). The molecular formula is C19H30N2O2. The van der Waals surface area contributed by atoms with Crippen molar-refractivity contribution in [1.82, 2.24) is 10.2 Å². The number of carbonyl (C=O) groups is 1. The first-order chi connectivity index (χ1) is 11.0. The molecule has 128 valence electrons. The van der Waals surface area contributed by atoms with Crippen LogP contribution in [0.5, 0.6) is 5.75 Å². The van der Waals surface area contributed by atoms with E-state index in [-0.39, 0.29) is 5.91 Å². The number of amides is 1. The van der Waals surface area contributed by atoms with Crippen LogP contribution in [0.1, 0.15) is 38.2 Å². The molecule has 1 aliphatic carbocycles. The zero-order valence-electron chi connectivity index (χ0n) is 14.7.